The zero-order valence-electron chi connectivity index (χ0n) is 17.7. The maximum absolute atomic E-state index is 12.2. The van der Waals surface area contributed by atoms with Crippen molar-refractivity contribution in [3.63, 3.8) is 0 Å². The third-order valence-corrected chi connectivity index (χ3v) is 5.20. The summed E-state index contributed by atoms with van der Waals surface area (Å²) in [6, 6.07) is 16.6. The minimum absolute atomic E-state index is 0.200. The fourth-order valence-corrected chi connectivity index (χ4v) is 3.23. The average Bonchev–Trinajstić information content (AvgIpc) is 2.76. The number of benzene rings is 2. The molecule has 32 heavy (non-hydrogen) atoms. The topological polar surface area (TPSA) is 77.9 Å². The minimum Gasteiger partial charge on any atom is -0.339 e. The molecule has 10 heteroatoms. The molecule has 2 rings (SSSR count). The van der Waals surface area contributed by atoms with Crippen LogP contribution in [-0.2, 0) is 4.79 Å². The first-order chi connectivity index (χ1) is 15.3. The van der Waals surface area contributed by atoms with Crippen molar-refractivity contribution in [3.05, 3.63) is 54.6 Å². The molecule has 0 saturated heterocycles. The van der Waals surface area contributed by atoms with Gasteiger partial charge < -0.3 is 16.0 Å². The summed E-state index contributed by atoms with van der Waals surface area (Å²) in [7, 11) is 0. The van der Waals surface area contributed by atoms with Gasteiger partial charge in [-0.3, -0.25) is 4.79 Å². The molecular formula is C22H26Cl3N5OS. The molecule has 0 aliphatic carbocycles. The fraction of sp³-hybridized carbons (Fsp3) is 0.364. The number of amides is 1. The van der Waals surface area contributed by atoms with Gasteiger partial charge in [0, 0.05) is 12.1 Å². The third-order valence-electron chi connectivity index (χ3n) is 4.33. The van der Waals surface area contributed by atoms with Crippen molar-refractivity contribution in [3.8, 4) is 0 Å². The van der Waals surface area contributed by atoms with Crippen LogP contribution in [0, 0.1) is 0 Å². The number of unbranched alkanes of at least 4 members (excludes halogenated alkanes) is 3. The molecule has 0 spiro atoms. The number of thiocarbonyl (C=S) groups is 1. The van der Waals surface area contributed by atoms with Crippen LogP contribution in [0.1, 0.15) is 39.0 Å². The van der Waals surface area contributed by atoms with Gasteiger partial charge in [0.1, 0.15) is 6.17 Å². The largest absolute Gasteiger partial charge is 0.339 e. The number of anilines is 1. The molecule has 1 atom stereocenters. The quantitative estimate of drug-likeness (QED) is 0.103. The van der Waals surface area contributed by atoms with Crippen molar-refractivity contribution < 1.29 is 4.79 Å². The normalized spacial score (nSPS) is 12.4. The van der Waals surface area contributed by atoms with Crippen LogP contribution in [0.5, 0.6) is 0 Å². The lowest BCUT2D eigenvalue weighted by Crippen LogP contribution is -2.56. The number of alkyl halides is 3. The van der Waals surface area contributed by atoms with Crippen LogP contribution in [0.4, 0.5) is 17.1 Å². The molecule has 2 aromatic carbocycles. The van der Waals surface area contributed by atoms with Crippen LogP contribution >= 0.6 is 47.0 Å². The summed E-state index contributed by atoms with van der Waals surface area (Å²) in [6.07, 6.45) is 3.32. The molecular weight excluding hydrogens is 489 g/mol. The second kappa shape index (κ2) is 13.6. The van der Waals surface area contributed by atoms with Gasteiger partial charge in [0.25, 0.3) is 0 Å². The summed E-state index contributed by atoms with van der Waals surface area (Å²) in [4.78, 5) is 12.2. The van der Waals surface area contributed by atoms with Crippen LogP contribution in [0.15, 0.2) is 64.8 Å². The average molecular weight is 515 g/mol. The smallest absolute Gasteiger partial charge is 0.228 e. The molecule has 6 nitrogen and oxygen atoms in total. The highest BCUT2D eigenvalue weighted by molar-refractivity contribution is 7.80. The van der Waals surface area contributed by atoms with Gasteiger partial charge in [-0.05, 0) is 55.0 Å². The van der Waals surface area contributed by atoms with Crippen molar-refractivity contribution in [2.45, 2.75) is 49.0 Å². The highest BCUT2D eigenvalue weighted by Crippen LogP contribution is 2.29. The summed E-state index contributed by atoms with van der Waals surface area (Å²) in [5.41, 5.74) is 2.16. The zero-order chi connectivity index (χ0) is 23.4. The first kappa shape index (κ1) is 26.3. The van der Waals surface area contributed by atoms with Crippen molar-refractivity contribution in [1.82, 2.24) is 10.6 Å². The number of nitrogens with zero attached hydrogens (tertiary/aromatic N) is 2. The second-order valence-corrected chi connectivity index (χ2v) is 9.81. The number of halogens is 3. The van der Waals surface area contributed by atoms with E-state index >= 15 is 0 Å². The highest BCUT2D eigenvalue weighted by Gasteiger charge is 2.34. The second-order valence-electron chi connectivity index (χ2n) is 7.03. The number of azo groups is 1. The lowest BCUT2D eigenvalue weighted by atomic mass is 10.1. The maximum atomic E-state index is 12.2. The van der Waals surface area contributed by atoms with E-state index in [4.69, 9.17) is 47.0 Å². The summed E-state index contributed by atoms with van der Waals surface area (Å²) < 4.78 is -1.79. The van der Waals surface area contributed by atoms with E-state index in [1.807, 2.05) is 30.3 Å². The molecule has 0 saturated carbocycles. The molecule has 0 aliphatic rings. The predicted molar refractivity (Wildman–Crippen MR) is 137 cm³/mol. The lowest BCUT2D eigenvalue weighted by molar-refractivity contribution is -0.122. The molecule has 3 N–H and O–H groups in total. The molecule has 0 fully saturated rings. The van der Waals surface area contributed by atoms with E-state index in [1.54, 1.807) is 24.3 Å². The maximum Gasteiger partial charge on any atom is 0.228 e. The van der Waals surface area contributed by atoms with Crippen LogP contribution < -0.4 is 16.0 Å². The number of hydrogen-bond donors (Lipinski definition) is 3. The summed E-state index contributed by atoms with van der Waals surface area (Å²) in [5, 5.41) is 17.1. The Bertz CT molecular complexity index is 889. The first-order valence-electron chi connectivity index (χ1n) is 10.3. The van der Waals surface area contributed by atoms with Gasteiger partial charge >= 0.3 is 0 Å². The molecule has 1 amide bonds. The molecule has 0 unspecified atom stereocenters. The number of rotatable bonds is 10. The van der Waals surface area contributed by atoms with E-state index in [9.17, 15) is 4.79 Å². The van der Waals surface area contributed by atoms with Gasteiger partial charge in [0.15, 0.2) is 5.11 Å². The van der Waals surface area contributed by atoms with Gasteiger partial charge in [-0.25, -0.2) is 0 Å². The van der Waals surface area contributed by atoms with E-state index in [0.29, 0.717) is 17.8 Å². The monoisotopic (exact) mass is 513 g/mol. The number of hydrogen-bond acceptors (Lipinski definition) is 4. The lowest BCUT2D eigenvalue weighted by Gasteiger charge is -2.27. The van der Waals surface area contributed by atoms with E-state index in [1.165, 1.54) is 0 Å². The van der Waals surface area contributed by atoms with Crippen molar-refractivity contribution in [1.29, 1.82) is 0 Å². The first-order valence-corrected chi connectivity index (χ1v) is 11.8. The Hall–Kier alpha value is -1.93. The molecule has 0 aliphatic heterocycles. The fourth-order valence-electron chi connectivity index (χ4n) is 2.67. The number of carbonyl (C=O) groups excluding carboxylic acids is 1. The van der Waals surface area contributed by atoms with Crippen LogP contribution in [0.25, 0.3) is 0 Å². The van der Waals surface area contributed by atoms with Crippen LogP contribution in [0.2, 0.25) is 0 Å². The van der Waals surface area contributed by atoms with Crippen LogP contribution in [-0.4, -0.2) is 21.0 Å². The highest BCUT2D eigenvalue weighted by atomic mass is 35.6. The number of carbonyl (C=O) groups is 1. The molecule has 0 radical (unpaired) electrons. The predicted octanol–water partition coefficient (Wildman–Crippen LogP) is 7.17. The van der Waals surface area contributed by atoms with Gasteiger partial charge in [0.2, 0.25) is 9.70 Å². The standard InChI is InChI=1S/C22H26Cl3N5OS/c1-2-3-4-8-11-19(31)27-20(22(23,24)25)28-21(32)26-16-12-14-18(15-13-16)30-29-17-9-6-5-7-10-17/h5-7,9-10,12-15,20H,2-4,8,11H2,1H3,(H,27,31)(H2,26,28,32)/t20-/m1/s1. The van der Waals surface area contributed by atoms with Crippen LogP contribution in [0.3, 0.4) is 0 Å². The molecule has 0 heterocycles. The minimum atomic E-state index is -1.79. The molecule has 0 bridgehead atoms. The van der Waals surface area contributed by atoms with E-state index in [2.05, 4.69) is 33.1 Å². The Labute approximate surface area is 209 Å². The van der Waals surface area contributed by atoms with E-state index in [-0.39, 0.29) is 11.0 Å². The van der Waals surface area contributed by atoms with Gasteiger partial charge in [-0.2, -0.15) is 10.2 Å². The summed E-state index contributed by atoms with van der Waals surface area (Å²) in [5.74, 6) is -0.208. The van der Waals surface area contributed by atoms with Gasteiger partial charge in [-0.1, -0.05) is 79.2 Å². The third kappa shape index (κ3) is 10.1. The van der Waals surface area contributed by atoms with E-state index < -0.39 is 9.96 Å². The number of nitrogens with one attached hydrogen (secondary N) is 3. The Morgan fingerprint density at radius 1 is 0.938 bits per heavy atom. The molecule has 0 aromatic heterocycles. The summed E-state index contributed by atoms with van der Waals surface area (Å²) in [6.45, 7) is 2.11. The Balaban J connectivity index is 1.89. The SMILES string of the molecule is CCCCCCC(=O)N[C@H](NC(=S)Nc1ccc(N=Nc2ccccc2)cc1)C(Cl)(Cl)Cl. The van der Waals surface area contributed by atoms with Crippen molar-refractivity contribution in [2.24, 2.45) is 10.2 Å². The molecule has 172 valence electrons. The Morgan fingerprint density at radius 3 is 2.16 bits per heavy atom. The van der Waals surface area contributed by atoms with Crippen molar-refractivity contribution >= 4 is 75.1 Å². The van der Waals surface area contributed by atoms with Gasteiger partial charge in [0.05, 0.1) is 11.4 Å². The molecule has 2 aromatic rings. The zero-order valence-corrected chi connectivity index (χ0v) is 20.7. The van der Waals surface area contributed by atoms with Crippen molar-refractivity contribution in [2.75, 3.05) is 5.32 Å². The Morgan fingerprint density at radius 2 is 1.56 bits per heavy atom. The van der Waals surface area contributed by atoms with E-state index in [0.717, 1.165) is 31.4 Å². The van der Waals surface area contributed by atoms with Gasteiger partial charge in [-0.15, -0.1) is 0 Å². The Kier molecular flexibility index (Phi) is 11.2. The summed E-state index contributed by atoms with van der Waals surface area (Å²) >= 11 is 23.4.